The minimum Gasteiger partial charge on any atom is -0.0693 e. The van der Waals surface area contributed by atoms with E-state index in [1.165, 1.54) is 52.3 Å². The minimum atomic E-state index is -0.508. The van der Waals surface area contributed by atoms with Crippen molar-refractivity contribution in [1.82, 2.24) is 0 Å². The maximum atomic E-state index is 2.35. The van der Waals surface area contributed by atoms with Gasteiger partial charge in [0.25, 0.3) is 0 Å². The molecule has 0 amide bonds. The third-order valence-electron chi connectivity index (χ3n) is 5.97. The number of unbranched alkanes of at least 4 members (excludes halogenated alkanes) is 1. The van der Waals surface area contributed by atoms with Gasteiger partial charge in [-0.15, -0.1) is 0 Å². The van der Waals surface area contributed by atoms with Crippen LogP contribution in [0.15, 0.2) is 95.7 Å². The van der Waals surface area contributed by atoms with Crippen LogP contribution in [0.3, 0.4) is 0 Å². The van der Waals surface area contributed by atoms with Gasteiger partial charge in [-0.25, -0.2) is 0 Å². The molecule has 0 bridgehead atoms. The van der Waals surface area contributed by atoms with Gasteiger partial charge in [0.05, 0.1) is 9.52 Å². The van der Waals surface area contributed by atoms with E-state index in [0.717, 1.165) is 6.42 Å². The van der Waals surface area contributed by atoms with Crippen LogP contribution in [0.2, 0.25) is 0 Å². The van der Waals surface area contributed by atoms with E-state index in [1.54, 1.807) is 10.8 Å². The maximum absolute atomic E-state index is 2.35. The third-order valence-corrected chi connectivity index (χ3v) is 8.16. The van der Waals surface area contributed by atoms with Gasteiger partial charge in [0.1, 0.15) is 0 Å². The lowest BCUT2D eigenvalue weighted by atomic mass is 9.95. The van der Waals surface area contributed by atoms with Crippen LogP contribution in [-0.4, -0.2) is 9.52 Å². The lowest BCUT2D eigenvalue weighted by Gasteiger charge is -2.14. The number of benzene rings is 3. The summed E-state index contributed by atoms with van der Waals surface area (Å²) in [4.78, 5) is 0. The number of aryl methyl sites for hydroxylation is 1. The Kier molecular flexibility index (Phi) is 6.26. The molecule has 0 nitrogen and oxygen atoms in total. The first-order chi connectivity index (χ1) is 14.3. The van der Waals surface area contributed by atoms with E-state index < -0.39 is 9.52 Å². The summed E-state index contributed by atoms with van der Waals surface area (Å²) >= 11 is 0. The predicted octanol–water partition coefficient (Wildman–Crippen LogP) is 6.11. The molecule has 29 heavy (non-hydrogen) atoms. The Bertz CT molecular complexity index is 1010. The molecule has 0 aliphatic heterocycles. The van der Waals surface area contributed by atoms with Crippen molar-refractivity contribution in [3.63, 3.8) is 0 Å². The van der Waals surface area contributed by atoms with Gasteiger partial charge in [-0.1, -0.05) is 114 Å². The molecule has 0 spiro atoms. The van der Waals surface area contributed by atoms with E-state index in [-0.39, 0.29) is 0 Å². The molecule has 146 valence electrons. The molecule has 0 fully saturated rings. The molecule has 0 aromatic heterocycles. The molecule has 0 saturated carbocycles. The van der Waals surface area contributed by atoms with Crippen molar-refractivity contribution in [3.8, 4) is 0 Å². The summed E-state index contributed by atoms with van der Waals surface area (Å²) in [6.07, 6.45) is 4.78. The Hall–Kier alpha value is -2.64. The van der Waals surface area contributed by atoms with Gasteiger partial charge in [-0.2, -0.15) is 0 Å². The zero-order chi connectivity index (χ0) is 20.1. The Morgan fingerprint density at radius 3 is 2.07 bits per heavy atom. The average molecular weight is 395 g/mol. The topological polar surface area (TPSA) is 0 Å². The van der Waals surface area contributed by atoms with Crippen LogP contribution in [-0.2, 0) is 6.42 Å². The molecule has 0 N–H and O–H groups in total. The Labute approximate surface area is 177 Å². The number of hydrogen-bond donors (Lipinski definition) is 0. The standard InChI is InChI=1S/C28H30Si/c1-3-4-11-22-16-18-23(19-17-22)26-20-21(2)28(29-25-14-9-6-10-15-25)27(26)24-12-7-5-8-13-24/h5-10,12-19H,3-4,11,20,29H2,1-2H3. The van der Waals surface area contributed by atoms with Gasteiger partial charge >= 0.3 is 0 Å². The zero-order valence-corrected chi connectivity index (χ0v) is 19.0. The molecule has 0 radical (unpaired) electrons. The molecular weight excluding hydrogens is 364 g/mol. The van der Waals surface area contributed by atoms with Crippen molar-refractivity contribution in [2.45, 2.75) is 39.5 Å². The molecule has 4 rings (SSSR count). The minimum absolute atomic E-state index is 0.508. The molecule has 0 heterocycles. The summed E-state index contributed by atoms with van der Waals surface area (Å²) in [5.74, 6) is 0. The zero-order valence-electron chi connectivity index (χ0n) is 17.6. The summed E-state index contributed by atoms with van der Waals surface area (Å²) in [6.45, 7) is 4.60. The van der Waals surface area contributed by atoms with Gasteiger partial charge in [0, 0.05) is 0 Å². The summed E-state index contributed by atoms with van der Waals surface area (Å²) in [7, 11) is -0.508. The number of rotatable bonds is 7. The first-order valence-corrected chi connectivity index (χ1v) is 12.3. The molecule has 3 aromatic rings. The van der Waals surface area contributed by atoms with Crippen LogP contribution in [0.4, 0.5) is 0 Å². The lowest BCUT2D eigenvalue weighted by Crippen LogP contribution is -2.17. The quantitative estimate of drug-likeness (QED) is 0.424. The Morgan fingerprint density at radius 1 is 0.759 bits per heavy atom. The fourth-order valence-electron chi connectivity index (χ4n) is 4.35. The van der Waals surface area contributed by atoms with Crippen molar-refractivity contribution < 1.29 is 0 Å². The van der Waals surface area contributed by atoms with Crippen molar-refractivity contribution in [2.75, 3.05) is 0 Å². The van der Waals surface area contributed by atoms with E-state index in [2.05, 4.69) is 98.8 Å². The largest absolute Gasteiger partial charge is 0.0882 e. The van der Waals surface area contributed by atoms with Crippen LogP contribution in [0.5, 0.6) is 0 Å². The van der Waals surface area contributed by atoms with Crippen molar-refractivity contribution >= 4 is 25.9 Å². The highest BCUT2D eigenvalue weighted by atomic mass is 28.2. The smallest absolute Gasteiger partial charge is 0.0693 e. The highest BCUT2D eigenvalue weighted by molar-refractivity contribution is 6.65. The second-order valence-electron chi connectivity index (χ2n) is 8.12. The van der Waals surface area contributed by atoms with E-state index >= 15 is 0 Å². The molecule has 3 aromatic carbocycles. The highest BCUT2D eigenvalue weighted by Crippen LogP contribution is 2.43. The predicted molar refractivity (Wildman–Crippen MR) is 130 cm³/mol. The van der Waals surface area contributed by atoms with E-state index in [1.807, 2.05) is 0 Å². The Morgan fingerprint density at radius 2 is 1.41 bits per heavy atom. The van der Waals surface area contributed by atoms with Gasteiger partial charge in [-0.05, 0) is 54.0 Å². The fourth-order valence-corrected chi connectivity index (χ4v) is 6.29. The second kappa shape index (κ2) is 9.24. The maximum Gasteiger partial charge on any atom is 0.0882 e. The van der Waals surface area contributed by atoms with Gasteiger partial charge in [-0.3, -0.25) is 0 Å². The van der Waals surface area contributed by atoms with Crippen LogP contribution in [0, 0.1) is 0 Å². The third kappa shape index (κ3) is 4.51. The van der Waals surface area contributed by atoms with Crippen LogP contribution in [0.25, 0.3) is 11.1 Å². The van der Waals surface area contributed by atoms with Crippen molar-refractivity contribution in [3.05, 3.63) is 112 Å². The molecule has 1 aliphatic carbocycles. The van der Waals surface area contributed by atoms with Gasteiger partial charge in [0.15, 0.2) is 0 Å². The molecular formula is C28H30Si. The first kappa shape index (κ1) is 19.7. The second-order valence-corrected chi connectivity index (χ2v) is 10.00. The average Bonchev–Trinajstić information content (AvgIpc) is 3.10. The molecule has 0 atom stereocenters. The number of allylic oxidation sites excluding steroid dienone is 4. The highest BCUT2D eigenvalue weighted by Gasteiger charge is 2.24. The van der Waals surface area contributed by atoms with Crippen LogP contribution < -0.4 is 5.19 Å². The molecule has 1 heteroatoms. The monoisotopic (exact) mass is 394 g/mol. The lowest BCUT2D eigenvalue weighted by molar-refractivity contribution is 0.795. The molecule has 0 unspecified atom stereocenters. The van der Waals surface area contributed by atoms with Crippen LogP contribution in [0.1, 0.15) is 49.8 Å². The summed E-state index contributed by atoms with van der Waals surface area (Å²) < 4.78 is 0. The van der Waals surface area contributed by atoms with Crippen LogP contribution >= 0.6 is 0 Å². The summed E-state index contributed by atoms with van der Waals surface area (Å²) in [6, 6.07) is 31.5. The number of hydrogen-bond acceptors (Lipinski definition) is 0. The van der Waals surface area contributed by atoms with Crippen molar-refractivity contribution in [1.29, 1.82) is 0 Å². The van der Waals surface area contributed by atoms with Crippen molar-refractivity contribution in [2.24, 2.45) is 0 Å². The van der Waals surface area contributed by atoms with Gasteiger partial charge in [0.2, 0.25) is 0 Å². The van der Waals surface area contributed by atoms with E-state index in [0.29, 0.717) is 0 Å². The normalized spacial score (nSPS) is 14.4. The molecule has 0 saturated heterocycles. The first-order valence-electron chi connectivity index (χ1n) is 10.9. The Balaban J connectivity index is 1.74. The van der Waals surface area contributed by atoms with Gasteiger partial charge < -0.3 is 0 Å². The fraction of sp³-hybridized carbons (Fsp3) is 0.214. The summed E-state index contributed by atoms with van der Waals surface area (Å²) in [5, 5.41) is 3.15. The summed E-state index contributed by atoms with van der Waals surface area (Å²) in [5.41, 5.74) is 8.78. The molecule has 1 aliphatic rings. The van der Waals surface area contributed by atoms with E-state index in [9.17, 15) is 0 Å². The van der Waals surface area contributed by atoms with E-state index in [4.69, 9.17) is 0 Å². The SMILES string of the molecule is CCCCc1ccc(C2=C(c3ccccc3)C([SiH2]c3ccccc3)=C(C)C2)cc1.